The topological polar surface area (TPSA) is 99.3 Å². The van der Waals surface area contributed by atoms with E-state index in [9.17, 15) is 14.9 Å². The van der Waals surface area contributed by atoms with Crippen LogP contribution in [0.5, 0.6) is 5.75 Å². The fourth-order valence-corrected chi connectivity index (χ4v) is 3.75. The fraction of sp³-hybridized carbons (Fsp3) is 0.238. The molecule has 0 unspecified atom stereocenters. The van der Waals surface area contributed by atoms with Gasteiger partial charge in [-0.3, -0.25) is 19.5 Å². The molecule has 0 aliphatic carbocycles. The van der Waals surface area contributed by atoms with Crippen LogP contribution >= 0.6 is 11.8 Å². The molecule has 30 heavy (non-hydrogen) atoms. The molecule has 3 rings (SSSR count). The number of nitrogens with one attached hydrogen (secondary N) is 1. The largest absolute Gasteiger partial charge is 0.496 e. The van der Waals surface area contributed by atoms with Gasteiger partial charge in [0.2, 0.25) is 5.91 Å². The van der Waals surface area contributed by atoms with Crippen molar-refractivity contribution in [3.8, 4) is 11.4 Å². The second kappa shape index (κ2) is 9.45. The van der Waals surface area contributed by atoms with Crippen molar-refractivity contribution >= 4 is 29.0 Å². The molecule has 0 spiro atoms. The molecule has 2 aromatic carbocycles. The number of carbonyl (C=O) groups is 1. The van der Waals surface area contributed by atoms with Crippen molar-refractivity contribution in [2.75, 3.05) is 18.2 Å². The Labute approximate surface area is 178 Å². The van der Waals surface area contributed by atoms with Crippen LogP contribution in [-0.4, -0.2) is 33.2 Å². The third-order valence-electron chi connectivity index (χ3n) is 4.43. The SMILES string of the molecule is COc1ccc(NC(=O)CSc2nccn2-c2ccccc2C(C)C)c([N+](=O)[O-])c1. The van der Waals surface area contributed by atoms with Gasteiger partial charge in [0.1, 0.15) is 11.4 Å². The molecule has 0 saturated carbocycles. The van der Waals surface area contributed by atoms with Gasteiger partial charge in [0.25, 0.3) is 5.69 Å². The lowest BCUT2D eigenvalue weighted by atomic mass is 10.0. The molecule has 0 fully saturated rings. The lowest BCUT2D eigenvalue weighted by Gasteiger charge is -2.15. The summed E-state index contributed by atoms with van der Waals surface area (Å²) in [5, 5.41) is 14.6. The number of aromatic nitrogens is 2. The van der Waals surface area contributed by atoms with Crippen LogP contribution in [0.2, 0.25) is 0 Å². The van der Waals surface area contributed by atoms with Crippen molar-refractivity contribution in [2.45, 2.75) is 24.9 Å². The predicted octanol–water partition coefficient (Wildman–Crippen LogP) is 4.64. The van der Waals surface area contributed by atoms with E-state index in [4.69, 9.17) is 4.74 Å². The number of hydrogen-bond acceptors (Lipinski definition) is 6. The zero-order chi connectivity index (χ0) is 21.7. The van der Waals surface area contributed by atoms with E-state index >= 15 is 0 Å². The van der Waals surface area contributed by atoms with Crippen molar-refractivity contribution < 1.29 is 14.5 Å². The number of amides is 1. The van der Waals surface area contributed by atoms with Crippen LogP contribution in [0.3, 0.4) is 0 Å². The van der Waals surface area contributed by atoms with Gasteiger partial charge in [-0.2, -0.15) is 0 Å². The highest BCUT2D eigenvalue weighted by Gasteiger charge is 2.18. The Morgan fingerprint density at radius 3 is 2.77 bits per heavy atom. The first-order valence-corrected chi connectivity index (χ1v) is 10.3. The van der Waals surface area contributed by atoms with Gasteiger partial charge in [0.05, 0.1) is 29.5 Å². The average Bonchev–Trinajstić information content (AvgIpc) is 3.20. The van der Waals surface area contributed by atoms with E-state index < -0.39 is 4.92 Å². The van der Waals surface area contributed by atoms with Crippen molar-refractivity contribution in [2.24, 2.45) is 0 Å². The normalized spacial score (nSPS) is 10.8. The number of carbonyl (C=O) groups excluding carboxylic acids is 1. The monoisotopic (exact) mass is 426 g/mol. The van der Waals surface area contributed by atoms with Gasteiger partial charge in [-0.1, -0.05) is 43.8 Å². The molecule has 0 bridgehead atoms. The van der Waals surface area contributed by atoms with Crippen molar-refractivity contribution in [1.29, 1.82) is 0 Å². The molecule has 8 nitrogen and oxygen atoms in total. The summed E-state index contributed by atoms with van der Waals surface area (Å²) in [6, 6.07) is 12.3. The summed E-state index contributed by atoms with van der Waals surface area (Å²) in [4.78, 5) is 27.5. The number of hydrogen-bond donors (Lipinski definition) is 1. The Morgan fingerprint density at radius 1 is 1.30 bits per heavy atom. The molecule has 1 aromatic heterocycles. The average molecular weight is 426 g/mol. The van der Waals surface area contributed by atoms with Crippen molar-refractivity contribution in [3.05, 3.63) is 70.5 Å². The van der Waals surface area contributed by atoms with Crippen LogP contribution in [0, 0.1) is 10.1 Å². The van der Waals surface area contributed by atoms with Gasteiger partial charge >= 0.3 is 0 Å². The summed E-state index contributed by atoms with van der Waals surface area (Å²) in [6.45, 7) is 4.25. The highest BCUT2D eigenvalue weighted by molar-refractivity contribution is 7.99. The van der Waals surface area contributed by atoms with Crippen molar-refractivity contribution in [1.82, 2.24) is 9.55 Å². The molecule has 3 aromatic rings. The summed E-state index contributed by atoms with van der Waals surface area (Å²) >= 11 is 1.26. The number of benzene rings is 2. The molecule has 0 atom stereocenters. The number of methoxy groups -OCH3 is 1. The van der Waals surface area contributed by atoms with Crippen LogP contribution in [0.25, 0.3) is 5.69 Å². The number of nitro benzene ring substituents is 1. The number of imidazole rings is 1. The number of anilines is 1. The van der Waals surface area contributed by atoms with E-state index in [0.29, 0.717) is 16.8 Å². The summed E-state index contributed by atoms with van der Waals surface area (Å²) in [6.07, 6.45) is 3.54. The third-order valence-corrected chi connectivity index (χ3v) is 5.40. The zero-order valence-electron chi connectivity index (χ0n) is 16.9. The summed E-state index contributed by atoms with van der Waals surface area (Å²) in [5.74, 6) is 0.379. The van der Waals surface area contributed by atoms with Crippen LogP contribution in [-0.2, 0) is 4.79 Å². The molecular formula is C21H22N4O4S. The highest BCUT2D eigenvalue weighted by Crippen LogP contribution is 2.30. The maximum absolute atomic E-state index is 12.4. The van der Waals surface area contributed by atoms with Gasteiger partial charge in [-0.15, -0.1) is 0 Å². The van der Waals surface area contributed by atoms with Crippen LogP contribution in [0.4, 0.5) is 11.4 Å². The molecule has 1 amide bonds. The fourth-order valence-electron chi connectivity index (χ4n) is 2.99. The highest BCUT2D eigenvalue weighted by atomic mass is 32.2. The first-order valence-electron chi connectivity index (χ1n) is 9.28. The third kappa shape index (κ3) is 4.80. The van der Waals surface area contributed by atoms with E-state index in [2.05, 4.69) is 30.2 Å². The van der Waals surface area contributed by atoms with Crippen molar-refractivity contribution in [3.63, 3.8) is 0 Å². The Kier molecular flexibility index (Phi) is 6.73. The van der Waals surface area contributed by atoms with Crippen LogP contribution < -0.4 is 10.1 Å². The lowest BCUT2D eigenvalue weighted by Crippen LogP contribution is -2.15. The molecule has 0 aliphatic heterocycles. The quantitative estimate of drug-likeness (QED) is 0.320. The molecule has 1 heterocycles. The van der Waals surface area contributed by atoms with E-state index in [1.807, 2.05) is 29.0 Å². The number of nitro groups is 1. The maximum atomic E-state index is 12.4. The predicted molar refractivity (Wildman–Crippen MR) is 117 cm³/mol. The van der Waals surface area contributed by atoms with Crippen LogP contribution in [0.1, 0.15) is 25.3 Å². The minimum Gasteiger partial charge on any atom is -0.496 e. The minimum absolute atomic E-state index is 0.0596. The molecule has 0 radical (unpaired) electrons. The first-order chi connectivity index (χ1) is 14.4. The second-order valence-electron chi connectivity index (χ2n) is 6.77. The summed E-state index contributed by atoms with van der Waals surface area (Å²) < 4.78 is 6.96. The first kappa shape index (κ1) is 21.4. The Balaban J connectivity index is 1.74. The smallest absolute Gasteiger partial charge is 0.296 e. The molecule has 0 saturated heterocycles. The second-order valence-corrected chi connectivity index (χ2v) is 7.71. The number of para-hydroxylation sites is 1. The number of rotatable bonds is 8. The standard InChI is InChI=1S/C21H22N4O4S/c1-14(2)16-6-4-5-7-18(16)24-11-10-22-21(24)30-13-20(26)23-17-9-8-15(29-3)12-19(17)25(27)28/h4-12,14H,13H2,1-3H3,(H,23,26). The number of nitrogens with zero attached hydrogens (tertiary/aromatic N) is 3. The van der Waals surface area contributed by atoms with E-state index in [0.717, 1.165) is 5.69 Å². The Morgan fingerprint density at radius 2 is 2.07 bits per heavy atom. The number of thioether (sulfide) groups is 1. The lowest BCUT2D eigenvalue weighted by molar-refractivity contribution is -0.384. The Bertz CT molecular complexity index is 1060. The molecule has 9 heteroatoms. The molecular weight excluding hydrogens is 404 g/mol. The van der Waals surface area contributed by atoms with Gasteiger partial charge in [-0.05, 0) is 29.7 Å². The maximum Gasteiger partial charge on any atom is 0.296 e. The zero-order valence-corrected chi connectivity index (χ0v) is 17.7. The summed E-state index contributed by atoms with van der Waals surface area (Å²) in [7, 11) is 1.42. The van der Waals surface area contributed by atoms with Gasteiger partial charge in [-0.25, -0.2) is 4.98 Å². The molecule has 156 valence electrons. The van der Waals surface area contributed by atoms with Crippen LogP contribution in [0.15, 0.2) is 60.0 Å². The summed E-state index contributed by atoms with van der Waals surface area (Å²) in [5.41, 5.74) is 2.09. The van der Waals surface area contributed by atoms with Gasteiger partial charge in [0, 0.05) is 12.4 Å². The molecule has 1 N–H and O–H groups in total. The van der Waals surface area contributed by atoms with E-state index in [1.165, 1.54) is 36.6 Å². The Hall–Kier alpha value is -3.33. The number of ether oxygens (including phenoxy) is 1. The molecule has 0 aliphatic rings. The van der Waals surface area contributed by atoms with E-state index in [-0.39, 0.29) is 23.0 Å². The van der Waals surface area contributed by atoms with E-state index in [1.54, 1.807) is 12.3 Å². The van der Waals surface area contributed by atoms with Gasteiger partial charge < -0.3 is 10.1 Å². The minimum atomic E-state index is -0.555. The van der Waals surface area contributed by atoms with Gasteiger partial charge in [0.15, 0.2) is 5.16 Å².